The van der Waals surface area contributed by atoms with Crippen molar-refractivity contribution in [2.24, 2.45) is 0 Å². The highest BCUT2D eigenvalue weighted by Gasteiger charge is 2.16. The zero-order chi connectivity index (χ0) is 30.2. The molecular weight excluding hydrogens is 504 g/mol. The third-order valence-corrected chi connectivity index (χ3v) is 8.43. The molecule has 0 fully saturated rings. The lowest BCUT2D eigenvalue weighted by molar-refractivity contribution is -0.154. The average Bonchev–Trinajstić information content (AvgIpc) is 2.97. The molecule has 0 radical (unpaired) electrons. The van der Waals surface area contributed by atoms with Crippen molar-refractivity contribution in [3.63, 3.8) is 0 Å². The van der Waals surface area contributed by atoms with E-state index < -0.39 is 11.9 Å². The summed E-state index contributed by atoms with van der Waals surface area (Å²) in [5, 5.41) is 0. The Hall–Kier alpha value is -1.38. The van der Waals surface area contributed by atoms with Crippen molar-refractivity contribution in [3.05, 3.63) is 24.3 Å². The van der Waals surface area contributed by atoms with Gasteiger partial charge in [-0.1, -0.05) is 194 Å². The van der Waals surface area contributed by atoms with Crippen molar-refractivity contribution >= 4 is 11.9 Å². The Morgan fingerprint density at radius 2 is 0.561 bits per heavy atom. The highest BCUT2D eigenvalue weighted by atomic mass is 16.6. The van der Waals surface area contributed by atoms with Gasteiger partial charge in [0.05, 0.1) is 0 Å². The zero-order valence-corrected chi connectivity index (χ0v) is 27.9. The Kier molecular flexibility index (Phi) is 30.5. The molecule has 0 atom stereocenters. The average molecular weight is 575 g/mol. The Bertz CT molecular complexity index is 581. The molecule has 0 rings (SSSR count). The van der Waals surface area contributed by atoms with E-state index in [9.17, 15) is 9.59 Å². The minimum atomic E-state index is -0.577. The summed E-state index contributed by atoms with van der Waals surface area (Å²) in [4.78, 5) is 24.5. The molecule has 0 saturated heterocycles. The van der Waals surface area contributed by atoms with Gasteiger partial charge >= 0.3 is 11.9 Å². The Labute approximate surface area is 256 Å². The monoisotopic (exact) mass is 575 g/mol. The Morgan fingerprint density at radius 1 is 0.366 bits per heavy atom. The molecule has 0 heterocycles. The number of carbonyl (C=O) groups is 2. The van der Waals surface area contributed by atoms with Crippen molar-refractivity contribution in [1.82, 2.24) is 0 Å². The normalized spacial score (nSPS) is 11.1. The van der Waals surface area contributed by atoms with Gasteiger partial charge < -0.3 is 4.74 Å². The molecule has 0 spiro atoms. The van der Waals surface area contributed by atoms with Crippen LogP contribution in [-0.2, 0) is 14.3 Å². The summed E-state index contributed by atoms with van der Waals surface area (Å²) < 4.78 is 5.04. The molecule has 0 aliphatic carbocycles. The molecule has 0 bridgehead atoms. The van der Waals surface area contributed by atoms with Crippen LogP contribution >= 0.6 is 0 Å². The minimum absolute atomic E-state index is 0.404. The van der Waals surface area contributed by atoms with E-state index >= 15 is 0 Å². The maximum absolute atomic E-state index is 12.2. The molecule has 0 aromatic heterocycles. The van der Waals surface area contributed by atoms with Gasteiger partial charge in [-0.15, -0.1) is 0 Å². The molecule has 0 saturated carbocycles. The van der Waals surface area contributed by atoms with Gasteiger partial charge in [0, 0.05) is 11.1 Å². The lowest BCUT2D eigenvalue weighted by Gasteiger charge is -2.08. The Morgan fingerprint density at radius 3 is 0.780 bits per heavy atom. The van der Waals surface area contributed by atoms with Crippen molar-refractivity contribution in [2.45, 2.75) is 206 Å². The van der Waals surface area contributed by atoms with Gasteiger partial charge in [-0.3, -0.25) is 0 Å². The van der Waals surface area contributed by atoms with Crippen LogP contribution in [0.25, 0.3) is 0 Å². The number of hydrogen-bond acceptors (Lipinski definition) is 3. The van der Waals surface area contributed by atoms with Gasteiger partial charge in [0.2, 0.25) is 0 Å². The van der Waals surface area contributed by atoms with E-state index in [4.69, 9.17) is 4.74 Å². The molecule has 0 aromatic rings. The first-order valence-electron chi connectivity index (χ1n) is 18.1. The molecule has 3 heteroatoms. The standard InChI is InChI=1S/C38H70O3/c1-5-7-9-11-13-15-17-19-21-23-25-27-29-31-33-35(3)37(39)41-38(40)36(4)34-32-30-28-26-24-22-20-18-16-14-12-10-8-6-2/h3-34H2,1-2H3. The lowest BCUT2D eigenvalue weighted by atomic mass is 10.0. The fraction of sp³-hybridized carbons (Fsp3) is 0.842. The number of carbonyl (C=O) groups excluding carboxylic acids is 2. The lowest BCUT2D eigenvalue weighted by Crippen LogP contribution is -2.15. The van der Waals surface area contributed by atoms with Crippen LogP contribution in [0.3, 0.4) is 0 Å². The van der Waals surface area contributed by atoms with Crippen LogP contribution in [-0.4, -0.2) is 11.9 Å². The van der Waals surface area contributed by atoms with E-state index in [0.717, 1.165) is 25.7 Å². The first kappa shape index (κ1) is 39.6. The summed E-state index contributed by atoms with van der Waals surface area (Å²) in [6.07, 6.45) is 37.7. The number of rotatable bonds is 32. The minimum Gasteiger partial charge on any atom is -0.386 e. The topological polar surface area (TPSA) is 43.4 Å². The molecule has 0 aliphatic rings. The highest BCUT2D eigenvalue weighted by Crippen LogP contribution is 2.17. The van der Waals surface area contributed by atoms with Crippen LogP contribution in [0.2, 0.25) is 0 Å². The van der Waals surface area contributed by atoms with Gasteiger partial charge in [-0.25, -0.2) is 9.59 Å². The molecule has 3 nitrogen and oxygen atoms in total. The number of unbranched alkanes of at least 4 members (excludes halogenated alkanes) is 26. The van der Waals surface area contributed by atoms with Crippen LogP contribution in [0, 0.1) is 0 Å². The van der Waals surface area contributed by atoms with E-state index in [2.05, 4.69) is 27.0 Å². The predicted molar refractivity (Wildman–Crippen MR) is 179 cm³/mol. The quantitative estimate of drug-likeness (QED) is 0.0347. The summed E-state index contributed by atoms with van der Waals surface area (Å²) >= 11 is 0. The smallest absolute Gasteiger partial charge is 0.341 e. The maximum atomic E-state index is 12.2. The van der Waals surface area contributed by atoms with E-state index in [-0.39, 0.29) is 0 Å². The predicted octanol–water partition coefficient (Wildman–Crippen LogP) is 12.9. The van der Waals surface area contributed by atoms with Gasteiger partial charge in [0.15, 0.2) is 0 Å². The largest absolute Gasteiger partial charge is 0.386 e. The van der Waals surface area contributed by atoms with Crippen LogP contribution in [0.5, 0.6) is 0 Å². The first-order chi connectivity index (χ1) is 20.0. The summed E-state index contributed by atoms with van der Waals surface area (Å²) in [6, 6.07) is 0. The van der Waals surface area contributed by atoms with Crippen molar-refractivity contribution < 1.29 is 14.3 Å². The molecule has 240 valence electrons. The second-order valence-electron chi connectivity index (χ2n) is 12.6. The third-order valence-electron chi connectivity index (χ3n) is 8.43. The van der Waals surface area contributed by atoms with Gasteiger partial charge in [-0.05, 0) is 25.7 Å². The first-order valence-corrected chi connectivity index (χ1v) is 18.1. The van der Waals surface area contributed by atoms with Crippen LogP contribution < -0.4 is 0 Å². The Balaban J connectivity index is 3.55. The van der Waals surface area contributed by atoms with Crippen LogP contribution in [0.1, 0.15) is 206 Å². The fourth-order valence-electron chi connectivity index (χ4n) is 5.50. The molecule has 41 heavy (non-hydrogen) atoms. The number of ether oxygens (including phenoxy) is 1. The third kappa shape index (κ3) is 28.5. The highest BCUT2D eigenvalue weighted by molar-refractivity contribution is 6.01. The number of esters is 2. The second-order valence-corrected chi connectivity index (χ2v) is 12.6. The molecule has 0 N–H and O–H groups in total. The molecule has 0 aromatic carbocycles. The maximum Gasteiger partial charge on any atom is 0.341 e. The summed E-state index contributed by atoms with van der Waals surface area (Å²) in [6.45, 7) is 12.2. The fourth-order valence-corrected chi connectivity index (χ4v) is 5.50. The van der Waals surface area contributed by atoms with Crippen LogP contribution in [0.4, 0.5) is 0 Å². The molecule has 0 amide bonds. The van der Waals surface area contributed by atoms with Crippen molar-refractivity contribution in [3.8, 4) is 0 Å². The van der Waals surface area contributed by atoms with E-state index in [1.165, 1.54) is 154 Å². The van der Waals surface area contributed by atoms with Gasteiger partial charge in [0.1, 0.15) is 0 Å². The number of hydrogen-bond donors (Lipinski definition) is 0. The van der Waals surface area contributed by atoms with Crippen molar-refractivity contribution in [2.75, 3.05) is 0 Å². The molecule has 0 unspecified atom stereocenters. The summed E-state index contributed by atoms with van der Waals surface area (Å²) in [5.74, 6) is -1.15. The van der Waals surface area contributed by atoms with Crippen molar-refractivity contribution in [1.29, 1.82) is 0 Å². The summed E-state index contributed by atoms with van der Waals surface area (Å²) in [7, 11) is 0. The van der Waals surface area contributed by atoms with E-state index in [0.29, 0.717) is 24.0 Å². The zero-order valence-electron chi connectivity index (χ0n) is 27.9. The molecule has 0 aliphatic heterocycles. The molecular formula is C38H70O3. The van der Waals surface area contributed by atoms with Gasteiger partial charge in [-0.2, -0.15) is 0 Å². The van der Waals surface area contributed by atoms with Crippen LogP contribution in [0.15, 0.2) is 24.3 Å². The van der Waals surface area contributed by atoms with Gasteiger partial charge in [0.25, 0.3) is 0 Å². The van der Waals surface area contributed by atoms with E-state index in [1.807, 2.05) is 0 Å². The summed E-state index contributed by atoms with van der Waals surface area (Å²) in [5.41, 5.74) is 0.808. The van der Waals surface area contributed by atoms with E-state index in [1.54, 1.807) is 0 Å². The SMILES string of the molecule is C=C(CCCCCCCCCCCCCCCC)C(=O)OC(=O)C(=C)CCCCCCCCCCCCCCCC. The second kappa shape index (κ2) is 31.6.